The Kier molecular flexibility index (Phi) is 9.16. The zero-order valence-corrected chi connectivity index (χ0v) is 23.0. The monoisotopic (exact) mass is 628 g/mol. The molecular formula is C25H23Cl2IN2O5. The number of ether oxygens (including phenoxy) is 4. The summed E-state index contributed by atoms with van der Waals surface area (Å²) in [5.74, 6) is -0.178. The van der Waals surface area contributed by atoms with E-state index in [-0.39, 0.29) is 36.0 Å². The molecule has 0 amide bonds. The van der Waals surface area contributed by atoms with Crippen molar-refractivity contribution in [3.8, 4) is 17.6 Å². The van der Waals surface area contributed by atoms with Gasteiger partial charge in [0.05, 0.1) is 38.3 Å². The van der Waals surface area contributed by atoms with Crippen molar-refractivity contribution in [2.45, 2.75) is 33.3 Å². The maximum Gasteiger partial charge on any atom is 0.338 e. The zero-order valence-electron chi connectivity index (χ0n) is 19.3. The first-order valence-corrected chi connectivity index (χ1v) is 12.5. The number of carbonyl (C=O) groups is 1. The van der Waals surface area contributed by atoms with E-state index in [1.54, 1.807) is 32.0 Å². The molecule has 0 radical (unpaired) electrons. The fourth-order valence-corrected chi connectivity index (χ4v) is 4.73. The molecule has 1 aliphatic rings. The highest BCUT2D eigenvalue weighted by Crippen LogP contribution is 2.44. The summed E-state index contributed by atoms with van der Waals surface area (Å²) in [5, 5.41) is 10.7. The molecule has 0 saturated heterocycles. The molecule has 0 spiro atoms. The Bertz CT molecular complexity index is 1250. The Morgan fingerprint density at radius 2 is 1.91 bits per heavy atom. The predicted molar refractivity (Wildman–Crippen MR) is 141 cm³/mol. The van der Waals surface area contributed by atoms with Gasteiger partial charge in [0.2, 0.25) is 5.88 Å². The Balaban J connectivity index is 2.06. The van der Waals surface area contributed by atoms with Crippen molar-refractivity contribution in [3.05, 3.63) is 77.9 Å². The van der Waals surface area contributed by atoms with Crippen molar-refractivity contribution >= 4 is 51.8 Å². The van der Waals surface area contributed by atoms with Gasteiger partial charge in [-0.05, 0) is 78.8 Å². The van der Waals surface area contributed by atoms with Gasteiger partial charge in [0.15, 0.2) is 11.5 Å². The Morgan fingerprint density at radius 1 is 1.17 bits per heavy atom. The molecule has 7 nitrogen and oxygen atoms in total. The van der Waals surface area contributed by atoms with Gasteiger partial charge in [-0.15, -0.1) is 0 Å². The molecule has 1 heterocycles. The molecule has 35 heavy (non-hydrogen) atoms. The third-order valence-corrected chi connectivity index (χ3v) is 6.67. The number of nitrogens with two attached hydrogens (primary N) is 1. The molecule has 10 heteroatoms. The Labute approximate surface area is 227 Å². The van der Waals surface area contributed by atoms with Gasteiger partial charge in [0, 0.05) is 0 Å². The van der Waals surface area contributed by atoms with Gasteiger partial charge >= 0.3 is 5.97 Å². The van der Waals surface area contributed by atoms with E-state index in [1.807, 2.05) is 19.1 Å². The van der Waals surface area contributed by atoms with Gasteiger partial charge in [-0.25, -0.2) is 4.79 Å². The summed E-state index contributed by atoms with van der Waals surface area (Å²) in [6, 6.07) is 10.9. The first kappa shape index (κ1) is 27.0. The average molecular weight is 629 g/mol. The molecular weight excluding hydrogens is 606 g/mol. The smallest absolute Gasteiger partial charge is 0.338 e. The quantitative estimate of drug-likeness (QED) is 0.273. The van der Waals surface area contributed by atoms with Gasteiger partial charge in [-0.1, -0.05) is 29.3 Å². The molecule has 0 aliphatic carbocycles. The van der Waals surface area contributed by atoms with E-state index in [2.05, 4.69) is 28.7 Å². The highest BCUT2D eigenvalue weighted by atomic mass is 127. The van der Waals surface area contributed by atoms with Crippen molar-refractivity contribution < 1.29 is 23.7 Å². The minimum Gasteiger partial charge on any atom is -0.490 e. The lowest BCUT2D eigenvalue weighted by Gasteiger charge is -2.27. The maximum absolute atomic E-state index is 12.8. The van der Waals surface area contributed by atoms with Gasteiger partial charge in [-0.3, -0.25) is 0 Å². The van der Waals surface area contributed by atoms with Gasteiger partial charge in [-0.2, -0.15) is 5.26 Å². The third-order valence-electron chi connectivity index (χ3n) is 5.13. The number of nitriles is 1. The minimum absolute atomic E-state index is 0.0593. The molecule has 1 atom stereocenters. The van der Waals surface area contributed by atoms with Gasteiger partial charge in [0.1, 0.15) is 24.0 Å². The first-order valence-electron chi connectivity index (χ1n) is 10.7. The molecule has 3 rings (SSSR count). The summed E-state index contributed by atoms with van der Waals surface area (Å²) in [6.07, 6.45) is 0. The lowest BCUT2D eigenvalue weighted by Crippen LogP contribution is -2.25. The highest BCUT2D eigenvalue weighted by Gasteiger charge is 2.37. The number of rotatable bonds is 8. The molecule has 1 aliphatic heterocycles. The summed E-state index contributed by atoms with van der Waals surface area (Å²) in [6.45, 7) is 5.95. The molecule has 2 aromatic carbocycles. The first-order chi connectivity index (χ1) is 16.7. The molecule has 2 aromatic rings. The Hall–Kier alpha value is -2.61. The van der Waals surface area contributed by atoms with Crippen LogP contribution >= 0.6 is 45.8 Å². The van der Waals surface area contributed by atoms with Crippen LogP contribution < -0.4 is 15.2 Å². The number of allylic oxidation sites excluding steroid dienone is 2. The lowest BCUT2D eigenvalue weighted by molar-refractivity contribution is -0.139. The molecule has 2 N–H and O–H groups in total. The SMILES string of the molecule is CCOC(=O)C1=C(C)OC(N)=C(C#N)C1c1cc(I)c(OCc2ccc(Cl)c(Cl)c2)c(OCC)c1. The standard InChI is InChI=1S/C25H23Cl2IN2O5/c1-4-32-20-10-15(9-19(28)23(20)34-12-14-6-7-17(26)18(27)8-14)22-16(11-29)24(30)35-13(3)21(22)25(31)33-5-2/h6-10,22H,4-5,12,30H2,1-3H3. The number of hydrogen-bond acceptors (Lipinski definition) is 7. The van der Waals surface area contributed by atoms with E-state index in [9.17, 15) is 10.1 Å². The normalized spacial score (nSPS) is 15.4. The highest BCUT2D eigenvalue weighted by molar-refractivity contribution is 14.1. The van der Waals surface area contributed by atoms with Crippen LogP contribution in [0.2, 0.25) is 10.0 Å². The van der Waals surface area contributed by atoms with E-state index in [0.29, 0.717) is 37.3 Å². The van der Waals surface area contributed by atoms with Crippen molar-refractivity contribution in [1.29, 1.82) is 5.26 Å². The summed E-state index contributed by atoms with van der Waals surface area (Å²) < 4.78 is 23.4. The predicted octanol–water partition coefficient (Wildman–Crippen LogP) is 6.22. The summed E-state index contributed by atoms with van der Waals surface area (Å²) in [7, 11) is 0. The topological polar surface area (TPSA) is 104 Å². The van der Waals surface area contributed by atoms with Crippen LogP contribution in [0, 0.1) is 14.9 Å². The van der Waals surface area contributed by atoms with Crippen molar-refractivity contribution in [3.63, 3.8) is 0 Å². The molecule has 0 bridgehead atoms. The van der Waals surface area contributed by atoms with Gasteiger partial charge < -0.3 is 24.7 Å². The molecule has 1 unspecified atom stereocenters. The van der Waals surface area contributed by atoms with Crippen LogP contribution in [-0.4, -0.2) is 19.2 Å². The second-order valence-electron chi connectivity index (χ2n) is 7.42. The molecule has 0 aromatic heterocycles. The van der Waals surface area contributed by atoms with Crippen molar-refractivity contribution in [1.82, 2.24) is 0 Å². The van der Waals surface area contributed by atoms with E-state index < -0.39 is 11.9 Å². The van der Waals surface area contributed by atoms with Crippen molar-refractivity contribution in [2.75, 3.05) is 13.2 Å². The zero-order chi connectivity index (χ0) is 25.7. The average Bonchev–Trinajstić information content (AvgIpc) is 2.80. The molecule has 0 saturated carbocycles. The number of halogens is 3. The summed E-state index contributed by atoms with van der Waals surface area (Å²) >= 11 is 14.3. The summed E-state index contributed by atoms with van der Waals surface area (Å²) in [4.78, 5) is 12.8. The van der Waals surface area contributed by atoms with E-state index in [4.69, 9.17) is 47.9 Å². The molecule has 0 fully saturated rings. The fourth-order valence-electron chi connectivity index (χ4n) is 3.63. The number of nitrogens with zero attached hydrogens (tertiary/aromatic N) is 1. The van der Waals surface area contributed by atoms with Crippen LogP contribution in [0.3, 0.4) is 0 Å². The third kappa shape index (κ3) is 5.97. The number of esters is 1. The van der Waals surface area contributed by atoms with Crippen LogP contribution in [0.4, 0.5) is 0 Å². The number of hydrogen-bond donors (Lipinski definition) is 1. The van der Waals surface area contributed by atoms with E-state index in [1.165, 1.54) is 0 Å². The second-order valence-corrected chi connectivity index (χ2v) is 9.39. The number of carbonyl (C=O) groups excluding carboxylic acids is 1. The van der Waals surface area contributed by atoms with Crippen LogP contribution in [-0.2, 0) is 20.9 Å². The Morgan fingerprint density at radius 3 is 2.54 bits per heavy atom. The van der Waals surface area contributed by atoms with Gasteiger partial charge in [0.25, 0.3) is 0 Å². The van der Waals surface area contributed by atoms with Crippen LogP contribution in [0.5, 0.6) is 11.5 Å². The van der Waals surface area contributed by atoms with E-state index in [0.717, 1.165) is 5.56 Å². The van der Waals surface area contributed by atoms with Crippen LogP contribution in [0.15, 0.2) is 53.1 Å². The summed E-state index contributed by atoms with van der Waals surface area (Å²) in [5.41, 5.74) is 7.78. The maximum atomic E-state index is 12.8. The van der Waals surface area contributed by atoms with E-state index >= 15 is 0 Å². The number of benzene rings is 2. The fraction of sp³-hybridized carbons (Fsp3) is 0.280. The van der Waals surface area contributed by atoms with Crippen molar-refractivity contribution in [2.24, 2.45) is 5.73 Å². The lowest BCUT2D eigenvalue weighted by atomic mass is 9.83. The van der Waals surface area contributed by atoms with Crippen LogP contribution in [0.25, 0.3) is 0 Å². The molecule has 184 valence electrons. The second kappa shape index (κ2) is 11.9. The van der Waals surface area contributed by atoms with Crippen LogP contribution in [0.1, 0.15) is 37.8 Å². The minimum atomic E-state index is -0.787. The largest absolute Gasteiger partial charge is 0.490 e.